The summed E-state index contributed by atoms with van der Waals surface area (Å²) in [6.07, 6.45) is 1.00. The SMILES string of the molecule is Nc1ccc(N2CCC(CO)C2)nc1N. The highest BCUT2D eigenvalue weighted by molar-refractivity contribution is 5.62. The normalized spacial score (nSPS) is 20.9. The number of nitrogens with two attached hydrogens (primary N) is 2. The number of aromatic nitrogens is 1. The van der Waals surface area contributed by atoms with Crippen molar-refractivity contribution in [3.63, 3.8) is 0 Å². The average Bonchev–Trinajstić information content (AvgIpc) is 2.70. The largest absolute Gasteiger partial charge is 0.396 e. The fourth-order valence-electron chi connectivity index (χ4n) is 1.84. The summed E-state index contributed by atoms with van der Waals surface area (Å²) in [5.74, 6) is 1.57. The van der Waals surface area contributed by atoms with Crippen molar-refractivity contribution < 1.29 is 5.11 Å². The van der Waals surface area contributed by atoms with Crippen LogP contribution in [0.5, 0.6) is 0 Å². The first-order chi connectivity index (χ1) is 7.20. The van der Waals surface area contributed by atoms with Crippen molar-refractivity contribution in [2.45, 2.75) is 6.42 Å². The Morgan fingerprint density at radius 3 is 2.87 bits per heavy atom. The van der Waals surface area contributed by atoms with Crippen LogP contribution in [0.4, 0.5) is 17.3 Å². The van der Waals surface area contributed by atoms with E-state index < -0.39 is 0 Å². The van der Waals surface area contributed by atoms with E-state index in [2.05, 4.69) is 9.88 Å². The summed E-state index contributed by atoms with van der Waals surface area (Å²) >= 11 is 0. The quantitative estimate of drug-likeness (QED) is 0.640. The topological polar surface area (TPSA) is 88.4 Å². The Hall–Kier alpha value is -1.49. The predicted octanol–water partition coefficient (Wildman–Crippen LogP) is 0.0646. The third kappa shape index (κ3) is 1.97. The Morgan fingerprint density at radius 2 is 2.27 bits per heavy atom. The maximum Gasteiger partial charge on any atom is 0.149 e. The van der Waals surface area contributed by atoms with E-state index in [9.17, 15) is 0 Å². The van der Waals surface area contributed by atoms with Gasteiger partial charge in [-0.05, 0) is 18.6 Å². The van der Waals surface area contributed by atoms with Gasteiger partial charge in [0.05, 0.1) is 5.69 Å². The molecule has 1 aliphatic rings. The molecule has 0 bridgehead atoms. The lowest BCUT2D eigenvalue weighted by Crippen LogP contribution is -2.22. The molecule has 1 saturated heterocycles. The summed E-state index contributed by atoms with van der Waals surface area (Å²) in [4.78, 5) is 6.34. The molecule has 1 aromatic rings. The number of pyridine rings is 1. The second-order valence-electron chi connectivity index (χ2n) is 3.93. The van der Waals surface area contributed by atoms with Crippen LogP contribution in [0.3, 0.4) is 0 Å². The Balaban J connectivity index is 2.13. The van der Waals surface area contributed by atoms with E-state index in [4.69, 9.17) is 16.6 Å². The zero-order valence-corrected chi connectivity index (χ0v) is 8.56. The molecule has 1 unspecified atom stereocenters. The maximum absolute atomic E-state index is 9.04. The molecule has 0 aliphatic carbocycles. The molecule has 1 aliphatic heterocycles. The molecule has 1 aromatic heterocycles. The number of anilines is 3. The average molecular weight is 208 g/mol. The monoisotopic (exact) mass is 208 g/mol. The Kier molecular flexibility index (Phi) is 2.64. The zero-order chi connectivity index (χ0) is 10.8. The molecule has 0 amide bonds. The molecule has 0 radical (unpaired) electrons. The molecule has 5 heteroatoms. The predicted molar refractivity (Wildman–Crippen MR) is 60.5 cm³/mol. The van der Waals surface area contributed by atoms with Gasteiger partial charge in [-0.3, -0.25) is 0 Å². The number of hydrogen-bond acceptors (Lipinski definition) is 5. The van der Waals surface area contributed by atoms with E-state index >= 15 is 0 Å². The summed E-state index contributed by atoms with van der Waals surface area (Å²) in [6.45, 7) is 2.00. The van der Waals surface area contributed by atoms with Crippen LogP contribution >= 0.6 is 0 Å². The number of nitrogen functional groups attached to an aromatic ring is 2. The summed E-state index contributed by atoms with van der Waals surface area (Å²) in [5, 5.41) is 9.04. The van der Waals surface area contributed by atoms with Crippen LogP contribution in [0, 0.1) is 5.92 Å². The van der Waals surface area contributed by atoms with Crippen LogP contribution < -0.4 is 16.4 Å². The molecule has 1 fully saturated rings. The summed E-state index contributed by atoms with van der Waals surface area (Å²) in [6, 6.07) is 3.63. The highest BCUT2D eigenvalue weighted by Gasteiger charge is 2.22. The van der Waals surface area contributed by atoms with E-state index in [0.717, 1.165) is 25.3 Å². The molecular weight excluding hydrogens is 192 g/mol. The van der Waals surface area contributed by atoms with Gasteiger partial charge >= 0.3 is 0 Å². The van der Waals surface area contributed by atoms with Gasteiger partial charge in [0.25, 0.3) is 0 Å². The van der Waals surface area contributed by atoms with Crippen molar-refractivity contribution in [1.82, 2.24) is 4.98 Å². The third-order valence-corrected chi connectivity index (χ3v) is 2.81. The second kappa shape index (κ2) is 3.94. The fourth-order valence-corrected chi connectivity index (χ4v) is 1.84. The van der Waals surface area contributed by atoms with E-state index in [1.54, 1.807) is 6.07 Å². The minimum atomic E-state index is 0.237. The highest BCUT2D eigenvalue weighted by atomic mass is 16.3. The van der Waals surface area contributed by atoms with E-state index in [1.165, 1.54) is 0 Å². The van der Waals surface area contributed by atoms with Crippen LogP contribution in [-0.4, -0.2) is 29.8 Å². The number of rotatable bonds is 2. The van der Waals surface area contributed by atoms with Gasteiger partial charge in [0, 0.05) is 25.6 Å². The van der Waals surface area contributed by atoms with Crippen LogP contribution in [0.25, 0.3) is 0 Å². The lowest BCUT2D eigenvalue weighted by atomic mass is 10.1. The smallest absolute Gasteiger partial charge is 0.149 e. The van der Waals surface area contributed by atoms with Crippen LogP contribution in [0.1, 0.15) is 6.42 Å². The second-order valence-corrected chi connectivity index (χ2v) is 3.93. The van der Waals surface area contributed by atoms with Gasteiger partial charge < -0.3 is 21.5 Å². The van der Waals surface area contributed by atoms with Gasteiger partial charge in [-0.2, -0.15) is 0 Å². The van der Waals surface area contributed by atoms with Crippen molar-refractivity contribution in [2.24, 2.45) is 5.92 Å². The van der Waals surface area contributed by atoms with Gasteiger partial charge in [-0.15, -0.1) is 0 Å². The first-order valence-electron chi connectivity index (χ1n) is 5.08. The fraction of sp³-hybridized carbons (Fsp3) is 0.500. The number of nitrogens with zero attached hydrogens (tertiary/aromatic N) is 2. The minimum absolute atomic E-state index is 0.237. The summed E-state index contributed by atoms with van der Waals surface area (Å²) in [7, 11) is 0. The van der Waals surface area contributed by atoms with Crippen LogP contribution in [0.2, 0.25) is 0 Å². The third-order valence-electron chi connectivity index (χ3n) is 2.81. The van der Waals surface area contributed by atoms with E-state index in [0.29, 0.717) is 17.4 Å². The standard InChI is InChI=1S/C10H16N4O/c11-8-1-2-9(13-10(8)12)14-4-3-7(5-14)6-15/h1-2,7,15H,3-6,11H2,(H2,12,13). The highest BCUT2D eigenvalue weighted by Crippen LogP contribution is 2.24. The van der Waals surface area contributed by atoms with Crippen molar-refractivity contribution in [3.8, 4) is 0 Å². The first-order valence-corrected chi connectivity index (χ1v) is 5.08. The Morgan fingerprint density at radius 1 is 1.47 bits per heavy atom. The molecule has 5 N–H and O–H groups in total. The maximum atomic E-state index is 9.04. The van der Waals surface area contributed by atoms with Crippen molar-refractivity contribution >= 4 is 17.3 Å². The molecule has 0 saturated carbocycles. The van der Waals surface area contributed by atoms with Gasteiger partial charge in [0.15, 0.2) is 0 Å². The molecular formula is C10H16N4O. The molecule has 1 atom stereocenters. The van der Waals surface area contributed by atoms with Gasteiger partial charge in [-0.1, -0.05) is 0 Å². The molecule has 0 spiro atoms. The molecule has 15 heavy (non-hydrogen) atoms. The summed E-state index contributed by atoms with van der Waals surface area (Å²) < 4.78 is 0. The minimum Gasteiger partial charge on any atom is -0.396 e. The molecule has 0 aromatic carbocycles. The lowest BCUT2D eigenvalue weighted by molar-refractivity contribution is 0.238. The molecule has 2 heterocycles. The van der Waals surface area contributed by atoms with E-state index in [-0.39, 0.29) is 6.61 Å². The summed E-state index contributed by atoms with van der Waals surface area (Å²) in [5.41, 5.74) is 11.7. The van der Waals surface area contributed by atoms with Gasteiger partial charge in [-0.25, -0.2) is 4.98 Å². The zero-order valence-electron chi connectivity index (χ0n) is 8.56. The van der Waals surface area contributed by atoms with Crippen LogP contribution in [-0.2, 0) is 0 Å². The van der Waals surface area contributed by atoms with Crippen molar-refractivity contribution in [3.05, 3.63) is 12.1 Å². The first kappa shape index (κ1) is 10.0. The Bertz CT molecular complexity index is 355. The van der Waals surface area contributed by atoms with Crippen molar-refractivity contribution in [2.75, 3.05) is 36.1 Å². The van der Waals surface area contributed by atoms with Gasteiger partial charge in [0.1, 0.15) is 11.6 Å². The molecule has 2 rings (SSSR count). The number of hydrogen-bond donors (Lipinski definition) is 3. The number of aliphatic hydroxyl groups excluding tert-OH is 1. The Labute approximate surface area is 88.7 Å². The molecule has 82 valence electrons. The van der Waals surface area contributed by atoms with Crippen molar-refractivity contribution in [1.29, 1.82) is 0 Å². The van der Waals surface area contributed by atoms with Gasteiger partial charge in [0.2, 0.25) is 0 Å². The van der Waals surface area contributed by atoms with E-state index in [1.807, 2.05) is 6.07 Å². The lowest BCUT2D eigenvalue weighted by Gasteiger charge is -2.17. The van der Waals surface area contributed by atoms with Crippen LogP contribution in [0.15, 0.2) is 12.1 Å². The molecule has 5 nitrogen and oxygen atoms in total. The number of aliphatic hydroxyl groups is 1.